The molecule has 0 rings (SSSR count). The summed E-state index contributed by atoms with van der Waals surface area (Å²) in [5.74, 6) is -0.422. The Bertz CT molecular complexity index is 178. The van der Waals surface area contributed by atoms with Gasteiger partial charge < -0.3 is 9.47 Å². The van der Waals surface area contributed by atoms with Gasteiger partial charge in [0.05, 0.1) is 18.8 Å². The van der Waals surface area contributed by atoms with Gasteiger partial charge in [-0.3, -0.25) is 0 Å². The van der Waals surface area contributed by atoms with Gasteiger partial charge in [-0.1, -0.05) is 24.8 Å². The lowest BCUT2D eigenvalue weighted by atomic mass is 10.2. The van der Waals surface area contributed by atoms with Gasteiger partial charge in [-0.05, 0) is 12.5 Å². The number of ether oxygens (including phenoxy) is 2. The molecule has 0 fully saturated rings. The average molecular weight is 207 g/mol. The quantitative estimate of drug-likeness (QED) is 0.524. The van der Waals surface area contributed by atoms with E-state index in [1.54, 1.807) is 6.92 Å². The molecule has 0 radical (unpaired) electrons. The summed E-state index contributed by atoms with van der Waals surface area (Å²) in [5, 5.41) is 0. The molecule has 0 N–H and O–H groups in total. The third-order valence-corrected chi connectivity index (χ3v) is 1.29. The Morgan fingerprint density at radius 2 is 1.92 bits per heavy atom. The maximum Gasteiger partial charge on any atom is 0.335 e. The number of hydrogen-bond donors (Lipinski definition) is 0. The second-order valence-electron chi connectivity index (χ2n) is 2.05. The molecule has 0 aliphatic carbocycles. The summed E-state index contributed by atoms with van der Waals surface area (Å²) in [5.41, 5.74) is 1.56. The van der Waals surface area contributed by atoms with Gasteiger partial charge in [0.25, 0.3) is 0 Å². The third kappa shape index (κ3) is 7.56. The van der Waals surface area contributed by atoms with Crippen LogP contribution in [-0.4, -0.2) is 26.3 Å². The molecule has 0 aliphatic heterocycles. The van der Waals surface area contributed by atoms with E-state index in [1.807, 2.05) is 0 Å². The van der Waals surface area contributed by atoms with E-state index in [9.17, 15) is 4.79 Å². The first-order valence-corrected chi connectivity index (χ1v) is 3.99. The molecule has 0 aromatic rings. The summed E-state index contributed by atoms with van der Waals surface area (Å²) in [6.45, 7) is 8.36. The molecule has 1 unspecified atom stereocenters. The van der Waals surface area contributed by atoms with E-state index < -0.39 is 5.97 Å². The molecule has 0 bridgehead atoms. The smallest absolute Gasteiger partial charge is 0.335 e. The molecule has 4 heteroatoms. The fraction of sp³-hybridized carbons (Fsp3) is 0.444. The van der Waals surface area contributed by atoms with E-state index in [2.05, 4.69) is 17.9 Å². The molecule has 0 amide bonds. The zero-order valence-electron chi connectivity index (χ0n) is 8.17. The zero-order valence-corrected chi connectivity index (χ0v) is 8.93. The van der Waals surface area contributed by atoms with E-state index >= 15 is 0 Å². The van der Waals surface area contributed by atoms with Gasteiger partial charge in [-0.25, -0.2) is 4.79 Å². The summed E-state index contributed by atoms with van der Waals surface area (Å²) in [7, 11) is 2.83. The van der Waals surface area contributed by atoms with Crippen molar-refractivity contribution in [2.75, 3.05) is 14.2 Å². The van der Waals surface area contributed by atoms with E-state index in [0.717, 1.165) is 0 Å². The zero-order chi connectivity index (χ0) is 10.9. The lowest BCUT2D eigenvalue weighted by molar-refractivity contribution is -0.137. The summed E-state index contributed by atoms with van der Waals surface area (Å²) in [6, 6.07) is 0. The molecule has 0 spiro atoms. The molecule has 0 saturated heterocycles. The van der Waals surface area contributed by atoms with Gasteiger partial charge >= 0.3 is 5.97 Å². The van der Waals surface area contributed by atoms with Crippen LogP contribution in [0.5, 0.6) is 0 Å². The maximum atomic E-state index is 10.7. The minimum absolute atomic E-state index is 0.271. The van der Waals surface area contributed by atoms with E-state index in [-0.39, 0.29) is 6.10 Å². The van der Waals surface area contributed by atoms with Crippen molar-refractivity contribution in [3.05, 3.63) is 24.3 Å². The Labute approximate surface area is 84.0 Å². The lowest BCUT2D eigenvalue weighted by Crippen LogP contribution is -2.16. The first-order chi connectivity index (χ1) is 6.04. The van der Waals surface area contributed by atoms with Crippen molar-refractivity contribution < 1.29 is 14.3 Å². The second-order valence-corrected chi connectivity index (χ2v) is 2.36. The minimum Gasteiger partial charge on any atom is -0.466 e. The van der Waals surface area contributed by atoms with Crippen LogP contribution in [0, 0.1) is 0 Å². The number of hydrogen-bond acceptors (Lipinski definition) is 3. The molecule has 1 atom stereocenters. The number of rotatable bonds is 3. The molecule has 0 saturated carbocycles. The van der Waals surface area contributed by atoms with E-state index in [4.69, 9.17) is 16.3 Å². The number of halogens is 1. The monoisotopic (exact) mass is 206 g/mol. The number of carbonyl (C=O) groups is 1. The maximum absolute atomic E-state index is 10.7. The van der Waals surface area contributed by atoms with Crippen LogP contribution in [-0.2, 0) is 14.3 Å². The fourth-order valence-corrected chi connectivity index (χ4v) is 0.439. The molecule has 76 valence electrons. The van der Waals surface area contributed by atoms with Crippen LogP contribution < -0.4 is 0 Å². The van der Waals surface area contributed by atoms with Crippen LogP contribution in [0.15, 0.2) is 24.3 Å². The normalized spacial score (nSPS) is 10.5. The van der Waals surface area contributed by atoms with Crippen LogP contribution in [0.25, 0.3) is 0 Å². The van der Waals surface area contributed by atoms with Crippen molar-refractivity contribution in [2.24, 2.45) is 0 Å². The molecular weight excluding hydrogens is 192 g/mol. The highest BCUT2D eigenvalue weighted by Crippen LogP contribution is 2.03. The van der Waals surface area contributed by atoms with Crippen molar-refractivity contribution in [1.82, 2.24) is 0 Å². The van der Waals surface area contributed by atoms with Crippen molar-refractivity contribution in [1.29, 1.82) is 0 Å². The van der Waals surface area contributed by atoms with Crippen molar-refractivity contribution >= 4 is 17.6 Å². The highest BCUT2D eigenvalue weighted by Gasteiger charge is 2.13. The molecule has 3 nitrogen and oxygen atoms in total. The third-order valence-electron chi connectivity index (χ3n) is 1.29. The summed E-state index contributed by atoms with van der Waals surface area (Å²) in [4.78, 5) is 10.7. The van der Waals surface area contributed by atoms with E-state index in [0.29, 0.717) is 5.57 Å². The van der Waals surface area contributed by atoms with Crippen LogP contribution >= 0.6 is 11.6 Å². The summed E-state index contributed by atoms with van der Waals surface area (Å²) < 4.78 is 9.25. The topological polar surface area (TPSA) is 35.5 Å². The Morgan fingerprint density at radius 1 is 1.54 bits per heavy atom. The average Bonchev–Trinajstić information content (AvgIpc) is 2.15. The first kappa shape index (κ1) is 14.7. The Hall–Kier alpha value is -0.800. The SMILES string of the molecule is C=C(C(=O)OC)C(C)OC.C=CCl. The molecule has 0 aromatic carbocycles. The van der Waals surface area contributed by atoms with Gasteiger partial charge in [0.2, 0.25) is 0 Å². The van der Waals surface area contributed by atoms with Gasteiger partial charge in [0, 0.05) is 7.11 Å². The second kappa shape index (κ2) is 9.29. The van der Waals surface area contributed by atoms with Crippen LogP contribution in [0.1, 0.15) is 6.92 Å². The molecule has 0 aliphatic rings. The van der Waals surface area contributed by atoms with Crippen LogP contribution in [0.2, 0.25) is 0 Å². The molecule has 0 heterocycles. The van der Waals surface area contributed by atoms with Crippen molar-refractivity contribution in [3.63, 3.8) is 0 Å². The largest absolute Gasteiger partial charge is 0.466 e. The number of esters is 1. The van der Waals surface area contributed by atoms with Gasteiger partial charge in [-0.15, -0.1) is 0 Å². The molecule has 13 heavy (non-hydrogen) atoms. The standard InChI is InChI=1S/C7H12O3.C2H3Cl/c1-5(6(2)9-3)7(8)10-4;1-2-3/h6H,1H2,2-4H3;2H,1H2. The highest BCUT2D eigenvalue weighted by atomic mass is 35.5. The Balaban J connectivity index is 0. The first-order valence-electron chi connectivity index (χ1n) is 3.56. The van der Waals surface area contributed by atoms with Crippen molar-refractivity contribution in [3.8, 4) is 0 Å². The van der Waals surface area contributed by atoms with Crippen molar-refractivity contribution in [2.45, 2.75) is 13.0 Å². The lowest BCUT2D eigenvalue weighted by Gasteiger charge is -2.09. The number of carbonyl (C=O) groups excluding carboxylic acids is 1. The Kier molecular flexibility index (Phi) is 10.5. The minimum atomic E-state index is -0.422. The van der Waals surface area contributed by atoms with E-state index in [1.165, 1.54) is 19.8 Å². The van der Waals surface area contributed by atoms with Gasteiger partial charge in [0.15, 0.2) is 0 Å². The summed E-state index contributed by atoms with van der Waals surface area (Å²) in [6.07, 6.45) is -0.271. The summed E-state index contributed by atoms with van der Waals surface area (Å²) >= 11 is 4.76. The highest BCUT2D eigenvalue weighted by molar-refractivity contribution is 6.25. The Morgan fingerprint density at radius 3 is 2.15 bits per heavy atom. The van der Waals surface area contributed by atoms with Gasteiger partial charge in [0.1, 0.15) is 0 Å². The predicted molar refractivity (Wildman–Crippen MR) is 53.7 cm³/mol. The molecule has 0 aromatic heterocycles. The molecular formula is C9H15ClO3. The van der Waals surface area contributed by atoms with Crippen LogP contribution in [0.4, 0.5) is 0 Å². The number of methoxy groups -OCH3 is 2. The van der Waals surface area contributed by atoms with Gasteiger partial charge in [-0.2, -0.15) is 0 Å². The van der Waals surface area contributed by atoms with Crippen LogP contribution in [0.3, 0.4) is 0 Å². The fourth-order valence-electron chi connectivity index (χ4n) is 0.439. The predicted octanol–water partition coefficient (Wildman–Crippen LogP) is 2.12.